The van der Waals surface area contributed by atoms with Crippen LogP contribution in [-0.4, -0.2) is 57.3 Å². The quantitative estimate of drug-likeness (QED) is 0.178. The summed E-state index contributed by atoms with van der Waals surface area (Å²) in [6, 6.07) is 0.608. The van der Waals surface area contributed by atoms with Gasteiger partial charge in [0.15, 0.2) is 0 Å². The number of nitrogens with one attached hydrogen (secondary N) is 2. The van der Waals surface area contributed by atoms with Crippen LogP contribution in [0.2, 0.25) is 0 Å². The molecule has 0 fully saturated rings. The molecule has 6 heteroatoms. The van der Waals surface area contributed by atoms with E-state index in [0.29, 0.717) is 12.0 Å². The van der Waals surface area contributed by atoms with E-state index in [9.17, 15) is 0 Å². The van der Waals surface area contributed by atoms with Gasteiger partial charge in [-0.3, -0.25) is 10.4 Å². The van der Waals surface area contributed by atoms with Crippen molar-refractivity contribution in [3.8, 4) is 0 Å². The summed E-state index contributed by atoms with van der Waals surface area (Å²) in [6.07, 6.45) is 3.18. The van der Waals surface area contributed by atoms with E-state index in [1.807, 2.05) is 0 Å². The fourth-order valence-electron chi connectivity index (χ4n) is 1.50. The molecule has 0 atom stereocenters. The fraction of sp³-hybridized carbons (Fsp3) is 0.923. The minimum Gasteiger partial charge on any atom is -0.385 e. The van der Waals surface area contributed by atoms with E-state index in [1.54, 1.807) is 7.11 Å². The summed E-state index contributed by atoms with van der Waals surface area (Å²) in [5.41, 5.74) is 2.58. The average Bonchev–Trinajstić information content (AvgIpc) is 2.40. The third-order valence-electron chi connectivity index (χ3n) is 3.02. The van der Waals surface area contributed by atoms with Gasteiger partial charge in [-0.25, -0.2) is 5.84 Å². The highest BCUT2D eigenvalue weighted by molar-refractivity contribution is 5.79. The van der Waals surface area contributed by atoms with Crippen LogP contribution in [0.5, 0.6) is 0 Å². The van der Waals surface area contributed by atoms with Crippen molar-refractivity contribution in [1.82, 2.24) is 15.6 Å². The van der Waals surface area contributed by atoms with E-state index in [2.05, 4.69) is 41.5 Å². The van der Waals surface area contributed by atoms with E-state index in [4.69, 9.17) is 10.6 Å². The summed E-state index contributed by atoms with van der Waals surface area (Å²) in [5.74, 6) is 6.07. The van der Waals surface area contributed by atoms with Gasteiger partial charge in [0.1, 0.15) is 0 Å². The molecule has 0 spiro atoms. The van der Waals surface area contributed by atoms with Crippen LogP contribution >= 0.6 is 0 Å². The Balaban J connectivity index is 3.61. The predicted octanol–water partition coefficient (Wildman–Crippen LogP) is 0.552. The Morgan fingerprint density at radius 1 is 1.32 bits per heavy atom. The number of hydrazine groups is 1. The molecule has 19 heavy (non-hydrogen) atoms. The highest BCUT2D eigenvalue weighted by Crippen LogP contribution is 1.97. The minimum absolute atomic E-state index is 0.608. The van der Waals surface area contributed by atoms with Gasteiger partial charge in [0.2, 0.25) is 5.96 Å². The zero-order valence-corrected chi connectivity index (χ0v) is 12.9. The fourth-order valence-corrected chi connectivity index (χ4v) is 1.50. The zero-order valence-electron chi connectivity index (χ0n) is 12.9. The smallest absolute Gasteiger partial charge is 0.205 e. The van der Waals surface area contributed by atoms with Crippen molar-refractivity contribution in [2.45, 2.75) is 39.2 Å². The van der Waals surface area contributed by atoms with E-state index in [-0.39, 0.29) is 0 Å². The SMILES string of the molecule is COCCCN=C(NN)NCCCCN(C)C(C)C. The Morgan fingerprint density at radius 2 is 2.05 bits per heavy atom. The summed E-state index contributed by atoms with van der Waals surface area (Å²) < 4.78 is 4.97. The summed E-state index contributed by atoms with van der Waals surface area (Å²) >= 11 is 0. The summed E-state index contributed by atoms with van der Waals surface area (Å²) in [4.78, 5) is 6.67. The molecule has 0 aliphatic rings. The number of methoxy groups -OCH3 is 1. The van der Waals surface area contributed by atoms with Gasteiger partial charge in [-0.2, -0.15) is 0 Å². The Morgan fingerprint density at radius 3 is 2.63 bits per heavy atom. The molecule has 6 nitrogen and oxygen atoms in total. The van der Waals surface area contributed by atoms with Gasteiger partial charge in [-0.05, 0) is 46.7 Å². The number of rotatable bonds is 10. The molecular formula is C13H31N5O. The Hall–Kier alpha value is -0.850. The van der Waals surface area contributed by atoms with Crippen molar-refractivity contribution < 1.29 is 4.74 Å². The lowest BCUT2D eigenvalue weighted by atomic mass is 10.2. The van der Waals surface area contributed by atoms with E-state index in [0.717, 1.165) is 39.1 Å². The molecule has 0 amide bonds. The lowest BCUT2D eigenvalue weighted by molar-refractivity contribution is 0.197. The highest BCUT2D eigenvalue weighted by Gasteiger charge is 2.02. The molecule has 0 saturated carbocycles. The number of ether oxygens (including phenoxy) is 1. The summed E-state index contributed by atoms with van der Waals surface area (Å²) in [5, 5.41) is 3.20. The van der Waals surface area contributed by atoms with Crippen molar-refractivity contribution in [3.05, 3.63) is 0 Å². The first-order chi connectivity index (χ1) is 9.11. The lowest BCUT2D eigenvalue weighted by Gasteiger charge is -2.20. The van der Waals surface area contributed by atoms with Crippen LogP contribution in [0.3, 0.4) is 0 Å². The molecule has 0 aromatic rings. The van der Waals surface area contributed by atoms with Crippen molar-refractivity contribution in [2.24, 2.45) is 10.8 Å². The molecule has 0 radical (unpaired) electrons. The van der Waals surface area contributed by atoms with Gasteiger partial charge in [-0.15, -0.1) is 0 Å². The number of unbranched alkanes of at least 4 members (excludes halogenated alkanes) is 1. The molecular weight excluding hydrogens is 242 g/mol. The van der Waals surface area contributed by atoms with Gasteiger partial charge in [-0.1, -0.05) is 0 Å². The maximum atomic E-state index is 5.41. The molecule has 0 saturated heterocycles. The Kier molecular flexibility index (Phi) is 11.7. The number of hydrogen-bond acceptors (Lipinski definition) is 4. The maximum absolute atomic E-state index is 5.41. The number of nitrogens with zero attached hydrogens (tertiary/aromatic N) is 2. The van der Waals surface area contributed by atoms with Gasteiger partial charge in [0.25, 0.3) is 0 Å². The normalized spacial score (nSPS) is 12.3. The molecule has 0 bridgehead atoms. The molecule has 0 aliphatic carbocycles. The number of hydrogen-bond donors (Lipinski definition) is 3. The first kappa shape index (κ1) is 18.1. The molecule has 0 unspecified atom stereocenters. The second kappa shape index (κ2) is 12.2. The van der Waals surface area contributed by atoms with Gasteiger partial charge >= 0.3 is 0 Å². The van der Waals surface area contributed by atoms with Crippen LogP contribution in [0.4, 0.5) is 0 Å². The molecule has 114 valence electrons. The predicted molar refractivity (Wildman–Crippen MR) is 81.1 cm³/mol. The van der Waals surface area contributed by atoms with Crippen molar-refractivity contribution in [3.63, 3.8) is 0 Å². The van der Waals surface area contributed by atoms with E-state index >= 15 is 0 Å². The largest absolute Gasteiger partial charge is 0.385 e. The molecule has 0 aromatic carbocycles. The highest BCUT2D eigenvalue weighted by atomic mass is 16.5. The average molecular weight is 273 g/mol. The minimum atomic E-state index is 0.608. The van der Waals surface area contributed by atoms with Gasteiger partial charge in [0, 0.05) is 32.8 Å². The maximum Gasteiger partial charge on any atom is 0.205 e. The second-order valence-corrected chi connectivity index (χ2v) is 4.93. The first-order valence-corrected chi connectivity index (χ1v) is 7.06. The number of nitrogens with two attached hydrogens (primary N) is 1. The Labute approximate surface area is 117 Å². The molecule has 4 N–H and O–H groups in total. The third kappa shape index (κ3) is 10.7. The van der Waals surface area contributed by atoms with Crippen molar-refractivity contribution in [1.29, 1.82) is 0 Å². The van der Waals surface area contributed by atoms with Crippen LogP contribution in [0, 0.1) is 0 Å². The first-order valence-electron chi connectivity index (χ1n) is 7.06. The monoisotopic (exact) mass is 273 g/mol. The molecule has 0 rings (SSSR count). The van der Waals surface area contributed by atoms with Crippen LogP contribution < -0.4 is 16.6 Å². The zero-order chi connectivity index (χ0) is 14.5. The van der Waals surface area contributed by atoms with Crippen LogP contribution in [-0.2, 0) is 4.74 Å². The third-order valence-corrected chi connectivity index (χ3v) is 3.02. The van der Waals surface area contributed by atoms with Gasteiger partial charge in [0.05, 0.1) is 0 Å². The topological polar surface area (TPSA) is 74.9 Å². The van der Waals surface area contributed by atoms with Crippen LogP contribution in [0.1, 0.15) is 33.1 Å². The lowest BCUT2D eigenvalue weighted by Crippen LogP contribution is -2.42. The number of aliphatic imine (C=N–C) groups is 1. The van der Waals surface area contributed by atoms with Crippen LogP contribution in [0.25, 0.3) is 0 Å². The van der Waals surface area contributed by atoms with Crippen molar-refractivity contribution in [2.75, 3.05) is 40.4 Å². The summed E-state index contributed by atoms with van der Waals surface area (Å²) in [7, 11) is 3.85. The van der Waals surface area contributed by atoms with E-state index < -0.39 is 0 Å². The Bertz CT molecular complexity index is 233. The van der Waals surface area contributed by atoms with E-state index in [1.165, 1.54) is 6.42 Å². The second-order valence-electron chi connectivity index (χ2n) is 4.93. The van der Waals surface area contributed by atoms with Crippen LogP contribution in [0.15, 0.2) is 4.99 Å². The standard InChI is InChI=1S/C13H31N5O/c1-12(2)18(3)10-6-5-8-15-13(17-14)16-9-7-11-19-4/h12H,5-11,14H2,1-4H3,(H2,15,16,17). The van der Waals surface area contributed by atoms with Crippen molar-refractivity contribution >= 4 is 5.96 Å². The van der Waals surface area contributed by atoms with Gasteiger partial charge < -0.3 is 15.0 Å². The summed E-state index contributed by atoms with van der Waals surface area (Å²) in [6.45, 7) is 7.87. The molecule has 0 aromatic heterocycles. The molecule has 0 heterocycles. The number of guanidine groups is 1. The molecule has 0 aliphatic heterocycles.